The van der Waals surface area contributed by atoms with E-state index in [0.717, 1.165) is 29.7 Å². The molecule has 180 valence electrons. The summed E-state index contributed by atoms with van der Waals surface area (Å²) >= 11 is 0. The lowest BCUT2D eigenvalue weighted by Gasteiger charge is -2.30. The highest BCUT2D eigenvalue weighted by Crippen LogP contribution is 2.26. The molecule has 8 nitrogen and oxygen atoms in total. The van der Waals surface area contributed by atoms with Gasteiger partial charge in [0.25, 0.3) is 0 Å². The Morgan fingerprint density at radius 3 is 2.26 bits per heavy atom. The lowest BCUT2D eigenvalue weighted by Crippen LogP contribution is -2.53. The first-order valence-electron chi connectivity index (χ1n) is 11.8. The number of nitrogens with one attached hydrogen (secondary N) is 1. The Hall–Kier alpha value is -3.55. The summed E-state index contributed by atoms with van der Waals surface area (Å²) in [6.45, 7) is 1.56. The number of amides is 3. The van der Waals surface area contributed by atoms with E-state index in [1.807, 2.05) is 54.6 Å². The fourth-order valence-corrected chi connectivity index (χ4v) is 4.58. The van der Waals surface area contributed by atoms with Crippen LogP contribution in [0, 0.1) is 0 Å². The van der Waals surface area contributed by atoms with Crippen LogP contribution in [0.25, 0.3) is 0 Å². The van der Waals surface area contributed by atoms with E-state index in [9.17, 15) is 14.4 Å². The summed E-state index contributed by atoms with van der Waals surface area (Å²) in [6, 6.07) is 15.5. The number of ether oxygens (including phenoxy) is 2. The third kappa shape index (κ3) is 5.50. The van der Waals surface area contributed by atoms with Crippen LogP contribution in [0.3, 0.4) is 0 Å². The van der Waals surface area contributed by atoms with Gasteiger partial charge < -0.3 is 24.6 Å². The van der Waals surface area contributed by atoms with Crippen molar-refractivity contribution in [2.24, 2.45) is 0 Å². The molecule has 0 bridgehead atoms. The second-order valence-corrected chi connectivity index (χ2v) is 8.64. The van der Waals surface area contributed by atoms with Crippen LogP contribution in [0.15, 0.2) is 54.6 Å². The van der Waals surface area contributed by atoms with Gasteiger partial charge in [-0.1, -0.05) is 42.5 Å². The number of urea groups is 1. The first-order valence-corrected chi connectivity index (χ1v) is 11.8. The van der Waals surface area contributed by atoms with Gasteiger partial charge >= 0.3 is 12.0 Å². The Balaban J connectivity index is 1.33. The average Bonchev–Trinajstić information content (AvgIpc) is 3.57. The SMILES string of the molecule is COc1ccc(CNC(=O)N2CCC[C@H]2C(=O)N2CCC[C@H]2C(=O)OCc2ccccc2)cc1. The van der Waals surface area contributed by atoms with Crippen molar-refractivity contribution in [1.82, 2.24) is 15.1 Å². The molecule has 0 saturated carbocycles. The van der Waals surface area contributed by atoms with Crippen molar-refractivity contribution in [3.05, 3.63) is 65.7 Å². The third-order valence-electron chi connectivity index (χ3n) is 6.43. The van der Waals surface area contributed by atoms with E-state index >= 15 is 0 Å². The molecule has 2 aromatic carbocycles. The van der Waals surface area contributed by atoms with Gasteiger partial charge in [0.05, 0.1) is 7.11 Å². The maximum atomic E-state index is 13.4. The summed E-state index contributed by atoms with van der Waals surface area (Å²) in [4.78, 5) is 42.2. The number of nitrogens with zero attached hydrogens (tertiary/aromatic N) is 2. The monoisotopic (exact) mass is 465 g/mol. The Morgan fingerprint density at radius 1 is 0.882 bits per heavy atom. The number of likely N-dealkylation sites (tertiary alicyclic amines) is 2. The number of hydrogen-bond donors (Lipinski definition) is 1. The highest BCUT2D eigenvalue weighted by molar-refractivity contribution is 5.91. The maximum absolute atomic E-state index is 13.4. The number of esters is 1. The molecule has 34 heavy (non-hydrogen) atoms. The number of methoxy groups -OCH3 is 1. The van der Waals surface area contributed by atoms with Gasteiger partial charge in [0, 0.05) is 19.6 Å². The molecule has 0 unspecified atom stereocenters. The fraction of sp³-hybridized carbons (Fsp3) is 0.423. The molecule has 2 fully saturated rings. The molecule has 2 aromatic rings. The quantitative estimate of drug-likeness (QED) is 0.635. The van der Waals surface area contributed by atoms with Crippen LogP contribution >= 0.6 is 0 Å². The molecule has 2 aliphatic heterocycles. The van der Waals surface area contributed by atoms with Crippen molar-refractivity contribution in [1.29, 1.82) is 0 Å². The van der Waals surface area contributed by atoms with Gasteiger partial charge in [0.15, 0.2) is 0 Å². The smallest absolute Gasteiger partial charge is 0.329 e. The summed E-state index contributed by atoms with van der Waals surface area (Å²) in [5, 5.41) is 2.91. The predicted octanol–water partition coefficient (Wildman–Crippen LogP) is 3.10. The van der Waals surface area contributed by atoms with E-state index in [1.54, 1.807) is 16.9 Å². The molecule has 0 spiro atoms. The Bertz CT molecular complexity index is 995. The van der Waals surface area contributed by atoms with Crippen LogP contribution in [0.1, 0.15) is 36.8 Å². The Labute approximate surface area is 199 Å². The lowest BCUT2D eigenvalue weighted by molar-refractivity contribution is -0.155. The van der Waals surface area contributed by atoms with E-state index in [4.69, 9.17) is 9.47 Å². The molecule has 2 atom stereocenters. The zero-order valence-corrected chi connectivity index (χ0v) is 19.4. The molecular formula is C26H31N3O5. The van der Waals surface area contributed by atoms with E-state index in [0.29, 0.717) is 32.5 Å². The van der Waals surface area contributed by atoms with Gasteiger partial charge in [-0.3, -0.25) is 4.79 Å². The van der Waals surface area contributed by atoms with Gasteiger partial charge in [-0.25, -0.2) is 9.59 Å². The first-order chi connectivity index (χ1) is 16.6. The summed E-state index contributed by atoms with van der Waals surface area (Å²) < 4.78 is 10.7. The first kappa shape index (κ1) is 23.6. The van der Waals surface area contributed by atoms with Gasteiger partial charge in [-0.2, -0.15) is 0 Å². The van der Waals surface area contributed by atoms with Crippen LogP contribution < -0.4 is 10.1 Å². The zero-order valence-electron chi connectivity index (χ0n) is 19.4. The molecule has 2 aliphatic rings. The largest absolute Gasteiger partial charge is 0.497 e. The zero-order chi connectivity index (χ0) is 23.9. The molecule has 4 rings (SSSR count). The van der Waals surface area contributed by atoms with E-state index in [1.165, 1.54) is 0 Å². The topological polar surface area (TPSA) is 88.2 Å². The minimum atomic E-state index is -0.596. The number of benzene rings is 2. The highest BCUT2D eigenvalue weighted by Gasteiger charge is 2.42. The molecule has 1 N–H and O–H groups in total. The molecule has 0 aliphatic carbocycles. The van der Waals surface area contributed by atoms with Gasteiger partial charge in [-0.05, 0) is 48.9 Å². The number of rotatable bonds is 7. The lowest BCUT2D eigenvalue weighted by atomic mass is 10.1. The molecule has 2 heterocycles. The van der Waals surface area contributed by atoms with Crippen molar-refractivity contribution in [2.45, 2.75) is 50.9 Å². The van der Waals surface area contributed by atoms with Crippen LogP contribution in [0.2, 0.25) is 0 Å². The predicted molar refractivity (Wildman–Crippen MR) is 126 cm³/mol. The van der Waals surface area contributed by atoms with Crippen molar-refractivity contribution in [3.8, 4) is 5.75 Å². The summed E-state index contributed by atoms with van der Waals surface area (Å²) in [7, 11) is 1.61. The molecule has 0 aromatic heterocycles. The number of hydrogen-bond acceptors (Lipinski definition) is 5. The minimum absolute atomic E-state index is 0.170. The van der Waals surface area contributed by atoms with Gasteiger partial charge in [0.2, 0.25) is 5.91 Å². The summed E-state index contributed by atoms with van der Waals surface area (Å²) in [5.74, 6) is 0.196. The summed E-state index contributed by atoms with van der Waals surface area (Å²) in [6.07, 6.45) is 2.67. The number of carbonyl (C=O) groups is 3. The molecule has 0 radical (unpaired) electrons. The molecule has 8 heteroatoms. The van der Waals surface area contributed by atoms with Crippen LogP contribution in [0.5, 0.6) is 5.75 Å². The van der Waals surface area contributed by atoms with Crippen molar-refractivity contribution < 1.29 is 23.9 Å². The van der Waals surface area contributed by atoms with Crippen molar-refractivity contribution in [2.75, 3.05) is 20.2 Å². The van der Waals surface area contributed by atoms with Crippen LogP contribution in [-0.4, -0.2) is 60.0 Å². The second kappa shape index (κ2) is 11.0. The second-order valence-electron chi connectivity index (χ2n) is 8.64. The maximum Gasteiger partial charge on any atom is 0.329 e. The van der Waals surface area contributed by atoms with Crippen LogP contribution in [0.4, 0.5) is 4.79 Å². The normalized spacial score (nSPS) is 19.7. The standard InChI is InChI=1S/C26H31N3O5/c1-33-21-13-11-19(12-14-21)17-27-26(32)29-16-5-9-22(29)24(30)28-15-6-10-23(28)25(31)34-18-20-7-3-2-4-8-20/h2-4,7-8,11-14,22-23H,5-6,9-10,15-18H2,1H3,(H,27,32)/t22-,23-/m0/s1. The molecule has 3 amide bonds. The summed E-state index contributed by atoms with van der Waals surface area (Å²) in [5.41, 5.74) is 1.85. The van der Waals surface area contributed by atoms with Crippen molar-refractivity contribution in [3.63, 3.8) is 0 Å². The third-order valence-corrected chi connectivity index (χ3v) is 6.43. The van der Waals surface area contributed by atoms with Gasteiger partial charge in [-0.15, -0.1) is 0 Å². The van der Waals surface area contributed by atoms with Crippen LogP contribution in [-0.2, 0) is 27.5 Å². The van der Waals surface area contributed by atoms with E-state index in [-0.39, 0.29) is 24.5 Å². The fourth-order valence-electron chi connectivity index (χ4n) is 4.58. The van der Waals surface area contributed by atoms with Gasteiger partial charge in [0.1, 0.15) is 24.4 Å². The minimum Gasteiger partial charge on any atom is -0.497 e. The Kier molecular flexibility index (Phi) is 7.67. The highest BCUT2D eigenvalue weighted by atomic mass is 16.5. The van der Waals surface area contributed by atoms with Crippen molar-refractivity contribution >= 4 is 17.9 Å². The molecule has 2 saturated heterocycles. The van der Waals surface area contributed by atoms with E-state index in [2.05, 4.69) is 5.32 Å². The van der Waals surface area contributed by atoms with E-state index < -0.39 is 12.1 Å². The average molecular weight is 466 g/mol. The number of carbonyl (C=O) groups excluding carboxylic acids is 3. The molecular weight excluding hydrogens is 434 g/mol. The Morgan fingerprint density at radius 2 is 1.56 bits per heavy atom.